The van der Waals surface area contributed by atoms with Gasteiger partial charge in [-0.3, -0.25) is 4.79 Å². The molecule has 0 bridgehead atoms. The molecule has 0 aliphatic carbocycles. The van der Waals surface area contributed by atoms with Gasteiger partial charge in [-0.1, -0.05) is 32.9 Å². The molecule has 1 unspecified atom stereocenters. The maximum Gasteiger partial charge on any atom is 0.251 e. The quantitative estimate of drug-likeness (QED) is 0.548. The Kier molecular flexibility index (Phi) is 6.52. The number of thioether (sulfide) groups is 1. The monoisotopic (exact) mass is 394 g/mol. The van der Waals surface area contributed by atoms with Crippen LogP contribution in [0.3, 0.4) is 0 Å². The van der Waals surface area contributed by atoms with Crippen molar-refractivity contribution in [3.8, 4) is 11.4 Å². The number of nitrogens with one attached hydrogen (secondary N) is 2. The van der Waals surface area contributed by atoms with Gasteiger partial charge in [-0.05, 0) is 43.2 Å². The van der Waals surface area contributed by atoms with Crippen LogP contribution >= 0.6 is 11.8 Å². The Balaban J connectivity index is 1.70. The Morgan fingerprint density at radius 2 is 1.86 bits per heavy atom. The highest BCUT2D eigenvalue weighted by Gasteiger charge is 2.08. The Morgan fingerprint density at radius 1 is 1.11 bits per heavy atom. The van der Waals surface area contributed by atoms with Gasteiger partial charge < -0.3 is 10.3 Å². The highest BCUT2D eigenvalue weighted by atomic mass is 32.2. The molecular formula is C22H26N4OS. The van der Waals surface area contributed by atoms with Gasteiger partial charge in [-0.25, -0.2) is 9.97 Å². The van der Waals surface area contributed by atoms with Crippen LogP contribution < -0.4 is 10.9 Å². The lowest BCUT2D eigenvalue weighted by Crippen LogP contribution is -2.10. The summed E-state index contributed by atoms with van der Waals surface area (Å²) in [7, 11) is 0. The van der Waals surface area contributed by atoms with E-state index in [1.807, 2.05) is 30.8 Å². The van der Waals surface area contributed by atoms with Crippen molar-refractivity contribution in [3.63, 3.8) is 0 Å². The number of pyridine rings is 1. The van der Waals surface area contributed by atoms with E-state index >= 15 is 0 Å². The fraction of sp³-hybridized carbons (Fsp3) is 0.318. The average molecular weight is 395 g/mol. The van der Waals surface area contributed by atoms with Gasteiger partial charge in [0.1, 0.15) is 11.6 Å². The topological polar surface area (TPSA) is 70.7 Å². The van der Waals surface area contributed by atoms with Gasteiger partial charge in [0.25, 0.3) is 5.56 Å². The summed E-state index contributed by atoms with van der Waals surface area (Å²) >= 11 is 1.86. The van der Waals surface area contributed by atoms with Crippen LogP contribution in [-0.4, -0.2) is 20.2 Å². The van der Waals surface area contributed by atoms with Crippen molar-refractivity contribution in [2.24, 2.45) is 0 Å². The van der Waals surface area contributed by atoms with Gasteiger partial charge >= 0.3 is 0 Å². The molecular weight excluding hydrogens is 368 g/mol. The molecule has 2 heterocycles. The van der Waals surface area contributed by atoms with Gasteiger partial charge in [-0.2, -0.15) is 0 Å². The number of anilines is 1. The minimum atomic E-state index is -0.142. The Bertz CT molecular complexity index is 965. The minimum Gasteiger partial charge on any atom is -0.364 e. The van der Waals surface area contributed by atoms with Gasteiger partial charge in [0.2, 0.25) is 0 Å². The van der Waals surface area contributed by atoms with Crippen LogP contribution in [0.15, 0.2) is 58.4 Å². The highest BCUT2D eigenvalue weighted by Crippen LogP contribution is 2.26. The van der Waals surface area contributed by atoms with Gasteiger partial charge in [0.15, 0.2) is 0 Å². The van der Waals surface area contributed by atoms with Crippen LogP contribution in [0.1, 0.15) is 45.0 Å². The predicted molar refractivity (Wildman–Crippen MR) is 117 cm³/mol. The lowest BCUT2D eigenvalue weighted by Gasteiger charge is -2.16. The number of rotatable bonds is 7. The summed E-state index contributed by atoms with van der Waals surface area (Å²) < 4.78 is 0. The van der Waals surface area contributed by atoms with Crippen molar-refractivity contribution in [1.82, 2.24) is 15.0 Å². The molecule has 0 aliphatic heterocycles. The summed E-state index contributed by atoms with van der Waals surface area (Å²) in [4.78, 5) is 24.8. The van der Waals surface area contributed by atoms with Gasteiger partial charge in [0, 0.05) is 39.7 Å². The lowest BCUT2D eigenvalue weighted by molar-refractivity contribution is 0.872. The van der Waals surface area contributed by atoms with E-state index in [0.29, 0.717) is 11.1 Å². The molecule has 1 aromatic carbocycles. The third-order valence-electron chi connectivity index (χ3n) is 4.31. The second-order valence-electron chi connectivity index (χ2n) is 6.97. The molecule has 1 atom stereocenters. The molecule has 2 aromatic heterocycles. The maximum absolute atomic E-state index is 11.8. The van der Waals surface area contributed by atoms with E-state index in [2.05, 4.69) is 65.3 Å². The number of benzene rings is 1. The van der Waals surface area contributed by atoms with E-state index in [1.165, 1.54) is 16.5 Å². The van der Waals surface area contributed by atoms with Gasteiger partial charge in [-0.15, -0.1) is 11.8 Å². The molecule has 0 spiro atoms. The zero-order chi connectivity index (χ0) is 20.1. The fourth-order valence-corrected chi connectivity index (χ4v) is 3.70. The van der Waals surface area contributed by atoms with E-state index in [1.54, 1.807) is 6.20 Å². The summed E-state index contributed by atoms with van der Waals surface area (Å²) in [6.45, 7) is 8.49. The van der Waals surface area contributed by atoms with Crippen LogP contribution in [0.25, 0.3) is 11.4 Å². The highest BCUT2D eigenvalue weighted by molar-refractivity contribution is 7.99. The Labute approximate surface area is 170 Å². The van der Waals surface area contributed by atoms with Crippen molar-refractivity contribution in [2.75, 3.05) is 5.32 Å². The zero-order valence-electron chi connectivity index (χ0n) is 16.7. The summed E-state index contributed by atoms with van der Waals surface area (Å²) in [6, 6.07) is 14.1. The maximum atomic E-state index is 11.8. The van der Waals surface area contributed by atoms with E-state index in [9.17, 15) is 4.79 Å². The summed E-state index contributed by atoms with van der Waals surface area (Å²) in [5.41, 5.74) is 2.63. The number of aromatic nitrogens is 3. The van der Waals surface area contributed by atoms with E-state index in [-0.39, 0.29) is 11.6 Å². The number of hydrogen-bond donors (Lipinski definition) is 2. The van der Waals surface area contributed by atoms with E-state index in [4.69, 9.17) is 0 Å². The molecule has 0 saturated carbocycles. The summed E-state index contributed by atoms with van der Waals surface area (Å²) in [6.07, 6.45) is 2.45. The average Bonchev–Trinajstić information content (AvgIpc) is 2.68. The number of nitrogens with zero attached hydrogens (tertiary/aromatic N) is 2. The third kappa shape index (κ3) is 5.23. The molecule has 2 N–H and O–H groups in total. The molecule has 3 aromatic rings. The van der Waals surface area contributed by atoms with Crippen LogP contribution in [-0.2, 0) is 6.42 Å². The largest absolute Gasteiger partial charge is 0.364 e. The molecule has 3 rings (SSSR count). The number of hydrogen-bond acceptors (Lipinski definition) is 5. The fourth-order valence-electron chi connectivity index (χ4n) is 2.86. The number of aryl methyl sites for hydroxylation is 1. The SMILES string of the molecule is CCc1cc(=O)[nH]c(-c2ccc(NC(C)c3ccc(SC(C)C)cc3)nc2)n1. The molecule has 0 amide bonds. The van der Waals surface area contributed by atoms with Crippen molar-refractivity contribution >= 4 is 17.6 Å². The third-order valence-corrected chi connectivity index (χ3v) is 5.33. The van der Waals surface area contributed by atoms with Crippen LogP contribution in [0.2, 0.25) is 0 Å². The van der Waals surface area contributed by atoms with Crippen molar-refractivity contribution in [1.29, 1.82) is 0 Å². The summed E-state index contributed by atoms with van der Waals surface area (Å²) in [5.74, 6) is 1.33. The summed E-state index contributed by atoms with van der Waals surface area (Å²) in [5, 5.41) is 4.00. The van der Waals surface area contributed by atoms with Crippen molar-refractivity contribution < 1.29 is 0 Å². The first-order valence-corrected chi connectivity index (χ1v) is 10.4. The molecule has 146 valence electrons. The standard InChI is InChI=1S/C22H26N4OS/c1-5-18-12-21(27)26-22(25-18)17-8-11-20(23-13-17)24-15(4)16-6-9-19(10-7-16)28-14(2)3/h6-15H,5H2,1-4H3,(H,23,24)(H,25,26,27). The molecule has 28 heavy (non-hydrogen) atoms. The first-order chi connectivity index (χ1) is 13.4. The normalized spacial score (nSPS) is 12.2. The molecule has 6 heteroatoms. The predicted octanol–water partition coefficient (Wildman–Crippen LogP) is 5.07. The number of aromatic amines is 1. The number of H-pyrrole nitrogens is 1. The zero-order valence-corrected chi connectivity index (χ0v) is 17.5. The van der Waals surface area contributed by atoms with Crippen molar-refractivity contribution in [3.05, 3.63) is 70.3 Å². The molecule has 0 fully saturated rings. The molecule has 5 nitrogen and oxygen atoms in total. The molecule has 0 aliphatic rings. The van der Waals surface area contributed by atoms with Crippen LogP contribution in [0.5, 0.6) is 0 Å². The first kappa shape index (κ1) is 20.1. The van der Waals surface area contributed by atoms with Crippen LogP contribution in [0, 0.1) is 0 Å². The smallest absolute Gasteiger partial charge is 0.251 e. The molecule has 0 radical (unpaired) electrons. The first-order valence-electron chi connectivity index (χ1n) is 9.54. The van der Waals surface area contributed by atoms with Crippen molar-refractivity contribution in [2.45, 2.75) is 50.3 Å². The van der Waals surface area contributed by atoms with Gasteiger partial charge in [0.05, 0.1) is 0 Å². The molecule has 0 saturated heterocycles. The second-order valence-corrected chi connectivity index (χ2v) is 8.62. The van der Waals surface area contributed by atoms with E-state index in [0.717, 1.165) is 23.5 Å². The minimum absolute atomic E-state index is 0.137. The lowest BCUT2D eigenvalue weighted by atomic mass is 10.1. The van der Waals surface area contributed by atoms with Crippen LogP contribution in [0.4, 0.5) is 5.82 Å². The van der Waals surface area contributed by atoms with E-state index < -0.39 is 0 Å². The second kappa shape index (κ2) is 9.06. The Hall–Kier alpha value is -2.60. The Morgan fingerprint density at radius 3 is 2.46 bits per heavy atom.